The first-order valence-corrected chi connectivity index (χ1v) is 8.87. The molecule has 0 saturated heterocycles. The number of ether oxygens (including phenoxy) is 1. The van der Waals surface area contributed by atoms with Crippen molar-refractivity contribution in [2.24, 2.45) is 7.05 Å². The fourth-order valence-corrected chi connectivity index (χ4v) is 3.61. The van der Waals surface area contributed by atoms with Gasteiger partial charge in [-0.1, -0.05) is 23.2 Å². The van der Waals surface area contributed by atoms with Gasteiger partial charge in [0.2, 0.25) is 5.78 Å². The predicted octanol–water partition coefficient (Wildman–Crippen LogP) is 5.22. The maximum absolute atomic E-state index is 13.2. The number of carbonyl (C=O) groups excluding carboxylic acids is 2. The summed E-state index contributed by atoms with van der Waals surface area (Å²) in [4.78, 5) is 28.8. The Morgan fingerprint density at radius 3 is 2.41 bits per heavy atom. The summed E-state index contributed by atoms with van der Waals surface area (Å²) < 4.78 is 45.4. The van der Waals surface area contributed by atoms with Gasteiger partial charge < -0.3 is 9.30 Å². The van der Waals surface area contributed by atoms with E-state index in [1.165, 1.54) is 24.6 Å². The van der Waals surface area contributed by atoms with Crippen molar-refractivity contribution in [3.8, 4) is 0 Å². The summed E-state index contributed by atoms with van der Waals surface area (Å²) >= 11 is 12.2. The van der Waals surface area contributed by atoms with Crippen LogP contribution >= 0.6 is 23.2 Å². The van der Waals surface area contributed by atoms with Gasteiger partial charge in [-0.15, -0.1) is 0 Å². The molecule has 0 bridgehead atoms. The van der Waals surface area contributed by atoms with E-state index in [1.54, 1.807) is 0 Å². The lowest BCUT2D eigenvalue weighted by Gasteiger charge is -2.11. The second kappa shape index (κ2) is 7.35. The molecule has 0 unspecified atom stereocenters. The molecule has 3 aromatic rings. The van der Waals surface area contributed by atoms with Gasteiger partial charge in [0, 0.05) is 24.1 Å². The highest BCUT2D eigenvalue weighted by atomic mass is 35.5. The first kappa shape index (κ1) is 21.1. The Kier molecular flexibility index (Phi) is 5.36. The van der Waals surface area contributed by atoms with Gasteiger partial charge in [-0.2, -0.15) is 13.2 Å². The van der Waals surface area contributed by atoms with Crippen LogP contribution in [0.4, 0.5) is 13.2 Å². The minimum atomic E-state index is -4.53. The van der Waals surface area contributed by atoms with Gasteiger partial charge in [0.1, 0.15) is 5.15 Å². The lowest BCUT2D eigenvalue weighted by Crippen LogP contribution is -2.12. The Bertz CT molecular complexity index is 1170. The number of benzene rings is 1. The van der Waals surface area contributed by atoms with Crippen molar-refractivity contribution in [1.29, 1.82) is 0 Å². The Morgan fingerprint density at radius 1 is 1.17 bits per heavy atom. The van der Waals surface area contributed by atoms with Gasteiger partial charge >= 0.3 is 12.1 Å². The number of methoxy groups -OCH3 is 1. The van der Waals surface area contributed by atoms with Crippen molar-refractivity contribution in [2.75, 3.05) is 7.11 Å². The van der Waals surface area contributed by atoms with Crippen molar-refractivity contribution in [3.05, 3.63) is 62.5 Å². The van der Waals surface area contributed by atoms with Crippen LogP contribution in [0, 0.1) is 6.92 Å². The fraction of sp³-hybridized carbons (Fsp3) is 0.211. The molecule has 10 heteroatoms. The molecule has 0 aliphatic rings. The molecule has 0 amide bonds. The van der Waals surface area contributed by atoms with Crippen LogP contribution in [0.1, 0.15) is 37.5 Å². The third-order valence-electron chi connectivity index (χ3n) is 4.53. The van der Waals surface area contributed by atoms with Gasteiger partial charge in [-0.3, -0.25) is 4.79 Å². The van der Waals surface area contributed by atoms with Crippen molar-refractivity contribution in [3.63, 3.8) is 0 Å². The Hall–Kier alpha value is -2.58. The largest absolute Gasteiger partial charge is 0.465 e. The number of hydrogen-bond donors (Lipinski definition) is 0. The van der Waals surface area contributed by atoms with E-state index in [9.17, 15) is 22.8 Å². The normalized spacial score (nSPS) is 11.7. The van der Waals surface area contributed by atoms with Crippen LogP contribution in [-0.2, 0) is 18.0 Å². The number of esters is 1. The van der Waals surface area contributed by atoms with Crippen LogP contribution in [0.3, 0.4) is 0 Å². The molecule has 2 aromatic heterocycles. The lowest BCUT2D eigenvalue weighted by atomic mass is 10.1. The van der Waals surface area contributed by atoms with Crippen molar-refractivity contribution in [1.82, 2.24) is 9.55 Å². The predicted molar refractivity (Wildman–Crippen MR) is 102 cm³/mol. The van der Waals surface area contributed by atoms with Crippen LogP contribution in [0.15, 0.2) is 24.4 Å². The summed E-state index contributed by atoms with van der Waals surface area (Å²) in [6.45, 7) is 1.52. The summed E-state index contributed by atoms with van der Waals surface area (Å²) in [5.41, 5.74) is -0.622. The number of pyridine rings is 1. The van der Waals surface area contributed by atoms with E-state index in [1.807, 2.05) is 0 Å². The first-order valence-electron chi connectivity index (χ1n) is 8.11. The number of halogens is 5. The average molecular weight is 445 g/mol. The van der Waals surface area contributed by atoms with E-state index in [0.717, 1.165) is 25.4 Å². The second-order valence-electron chi connectivity index (χ2n) is 6.28. The summed E-state index contributed by atoms with van der Waals surface area (Å²) in [7, 11) is 2.59. The molecule has 1 aromatic carbocycles. The van der Waals surface area contributed by atoms with Crippen molar-refractivity contribution >= 4 is 45.9 Å². The number of hydrogen-bond acceptors (Lipinski definition) is 4. The minimum Gasteiger partial charge on any atom is -0.465 e. The number of ketones is 1. The molecule has 0 N–H and O–H groups in total. The Balaban J connectivity index is 2.22. The van der Waals surface area contributed by atoms with E-state index in [4.69, 9.17) is 23.2 Å². The summed E-state index contributed by atoms with van der Waals surface area (Å²) in [5, 5.41) is -0.0291. The van der Waals surface area contributed by atoms with Gasteiger partial charge in [0.05, 0.1) is 34.5 Å². The standard InChI is InChI=1S/C19H13Cl2F3N2O3/c1-8-4-9(19(22,23)24)5-12-10(8)6-13(26(12)2)16(27)14-15(20)11(18(28)29-3)7-25-17(14)21/h4-7H,1-3H3. The molecule has 0 radical (unpaired) electrons. The van der Waals surface area contributed by atoms with Crippen LogP contribution in [-0.4, -0.2) is 28.4 Å². The zero-order chi connectivity index (χ0) is 21.7. The quantitative estimate of drug-likeness (QED) is 0.315. The van der Waals surface area contributed by atoms with Crippen LogP contribution in [0.5, 0.6) is 0 Å². The number of aromatic nitrogens is 2. The molecule has 0 fully saturated rings. The summed E-state index contributed by atoms with van der Waals surface area (Å²) in [6.07, 6.45) is -3.45. The third-order valence-corrected chi connectivity index (χ3v) is 5.21. The molecule has 0 spiro atoms. The van der Waals surface area contributed by atoms with E-state index >= 15 is 0 Å². The number of rotatable bonds is 3. The summed E-state index contributed by atoms with van der Waals surface area (Å²) in [5.74, 6) is -1.50. The molecular weight excluding hydrogens is 432 g/mol. The maximum Gasteiger partial charge on any atom is 0.416 e. The highest BCUT2D eigenvalue weighted by Gasteiger charge is 2.32. The fourth-order valence-electron chi connectivity index (χ4n) is 3.03. The molecule has 5 nitrogen and oxygen atoms in total. The zero-order valence-electron chi connectivity index (χ0n) is 15.3. The number of aryl methyl sites for hydroxylation is 2. The second-order valence-corrected chi connectivity index (χ2v) is 7.02. The van der Waals surface area contributed by atoms with Crippen LogP contribution in [0.25, 0.3) is 10.9 Å². The number of carbonyl (C=O) groups is 2. The van der Waals surface area contributed by atoms with Gasteiger partial charge in [-0.25, -0.2) is 9.78 Å². The first-order chi connectivity index (χ1) is 13.5. The minimum absolute atomic E-state index is 0.0371. The topological polar surface area (TPSA) is 61.2 Å². The van der Waals surface area contributed by atoms with E-state index in [-0.39, 0.29) is 32.5 Å². The van der Waals surface area contributed by atoms with Gasteiger partial charge in [-0.05, 0) is 30.7 Å². The zero-order valence-corrected chi connectivity index (χ0v) is 16.8. The van der Waals surface area contributed by atoms with Crippen LogP contribution in [0.2, 0.25) is 10.2 Å². The highest BCUT2D eigenvalue weighted by molar-refractivity contribution is 6.42. The van der Waals surface area contributed by atoms with Gasteiger partial charge in [0.25, 0.3) is 0 Å². The SMILES string of the molecule is COC(=O)c1cnc(Cl)c(C(=O)c2cc3c(C)cc(C(F)(F)F)cc3n2C)c1Cl. The molecule has 0 aliphatic heterocycles. The Morgan fingerprint density at radius 2 is 1.83 bits per heavy atom. The van der Waals surface area contributed by atoms with E-state index in [0.29, 0.717) is 10.9 Å². The third kappa shape index (κ3) is 3.58. The monoisotopic (exact) mass is 444 g/mol. The van der Waals surface area contributed by atoms with Crippen molar-refractivity contribution in [2.45, 2.75) is 13.1 Å². The number of fused-ring (bicyclic) bond motifs is 1. The molecule has 0 saturated carbocycles. The maximum atomic E-state index is 13.2. The van der Waals surface area contributed by atoms with Gasteiger partial charge in [0.15, 0.2) is 0 Å². The Labute approximate surface area is 173 Å². The smallest absolute Gasteiger partial charge is 0.416 e. The summed E-state index contributed by atoms with van der Waals surface area (Å²) in [6, 6.07) is 3.42. The number of nitrogens with zero attached hydrogens (tertiary/aromatic N) is 2. The van der Waals surface area contributed by atoms with E-state index in [2.05, 4.69) is 9.72 Å². The molecule has 0 aliphatic carbocycles. The highest BCUT2D eigenvalue weighted by Crippen LogP contribution is 2.35. The molecule has 3 rings (SSSR count). The average Bonchev–Trinajstić information content (AvgIpc) is 2.98. The number of alkyl halides is 3. The molecule has 29 heavy (non-hydrogen) atoms. The van der Waals surface area contributed by atoms with Crippen molar-refractivity contribution < 1.29 is 27.5 Å². The van der Waals surface area contributed by atoms with Crippen LogP contribution < -0.4 is 0 Å². The molecule has 0 atom stereocenters. The van der Waals surface area contributed by atoms with E-state index < -0.39 is 23.5 Å². The molecule has 152 valence electrons. The molecular formula is C19H13Cl2F3N2O3. The molecule has 2 heterocycles. The lowest BCUT2D eigenvalue weighted by molar-refractivity contribution is -0.137.